The Morgan fingerprint density at radius 2 is 2.11 bits per heavy atom. The molecule has 1 aliphatic heterocycles. The molecular formula is C7H11NO. The molecule has 1 N–H and O–H groups in total. The largest absolute Gasteiger partial charge is 0.344 e. The zero-order chi connectivity index (χ0) is 7.07. The van der Waals surface area contributed by atoms with E-state index in [1.807, 2.05) is 20.8 Å². The first-order valence-corrected chi connectivity index (χ1v) is 3.03. The van der Waals surface area contributed by atoms with Gasteiger partial charge in [0.05, 0.1) is 5.54 Å². The van der Waals surface area contributed by atoms with Crippen molar-refractivity contribution in [3.8, 4) is 0 Å². The van der Waals surface area contributed by atoms with E-state index in [0.717, 1.165) is 5.57 Å². The van der Waals surface area contributed by atoms with Crippen LogP contribution in [0.15, 0.2) is 11.6 Å². The normalized spacial score (nSPS) is 23.4. The Morgan fingerprint density at radius 1 is 1.56 bits per heavy atom. The van der Waals surface area contributed by atoms with Crippen LogP contribution in [0.3, 0.4) is 0 Å². The van der Waals surface area contributed by atoms with Gasteiger partial charge in [0.15, 0.2) is 0 Å². The van der Waals surface area contributed by atoms with Crippen LogP contribution in [0.25, 0.3) is 0 Å². The molecule has 2 nitrogen and oxygen atoms in total. The van der Waals surface area contributed by atoms with Crippen LogP contribution in [0.5, 0.6) is 0 Å². The van der Waals surface area contributed by atoms with Gasteiger partial charge in [0.1, 0.15) is 0 Å². The third kappa shape index (κ3) is 0.969. The average molecular weight is 125 g/mol. The Labute approximate surface area is 54.9 Å². The van der Waals surface area contributed by atoms with Gasteiger partial charge in [-0.25, -0.2) is 0 Å². The number of amides is 1. The molecule has 0 spiro atoms. The highest BCUT2D eigenvalue weighted by Crippen LogP contribution is 2.19. The lowest BCUT2D eigenvalue weighted by atomic mass is 9.99. The zero-order valence-corrected chi connectivity index (χ0v) is 5.99. The minimum atomic E-state index is -0.114. The molecule has 1 amide bonds. The summed E-state index contributed by atoms with van der Waals surface area (Å²) in [4.78, 5) is 10.7. The molecule has 0 aliphatic carbocycles. The monoisotopic (exact) mass is 125 g/mol. The van der Waals surface area contributed by atoms with E-state index in [9.17, 15) is 4.79 Å². The van der Waals surface area contributed by atoms with E-state index in [1.54, 1.807) is 6.08 Å². The lowest BCUT2D eigenvalue weighted by molar-refractivity contribution is -0.116. The van der Waals surface area contributed by atoms with Crippen molar-refractivity contribution in [2.24, 2.45) is 0 Å². The molecular weight excluding hydrogens is 114 g/mol. The van der Waals surface area contributed by atoms with Crippen LogP contribution in [0.2, 0.25) is 0 Å². The van der Waals surface area contributed by atoms with E-state index in [2.05, 4.69) is 5.32 Å². The second-order valence-electron chi connectivity index (χ2n) is 2.94. The van der Waals surface area contributed by atoms with Crippen molar-refractivity contribution in [2.45, 2.75) is 26.3 Å². The first-order valence-electron chi connectivity index (χ1n) is 3.03. The van der Waals surface area contributed by atoms with Gasteiger partial charge in [0.2, 0.25) is 5.91 Å². The molecule has 2 heteroatoms. The third-order valence-electron chi connectivity index (χ3n) is 1.77. The molecule has 1 aliphatic rings. The maximum absolute atomic E-state index is 10.7. The van der Waals surface area contributed by atoms with Gasteiger partial charge in [0.25, 0.3) is 0 Å². The Bertz CT molecular complexity index is 179. The van der Waals surface area contributed by atoms with E-state index in [-0.39, 0.29) is 11.4 Å². The summed E-state index contributed by atoms with van der Waals surface area (Å²) >= 11 is 0. The summed E-state index contributed by atoms with van der Waals surface area (Å²) in [6.45, 7) is 5.94. The Hall–Kier alpha value is -0.790. The number of carbonyl (C=O) groups is 1. The SMILES string of the molecule is CC1=CC(=O)NC1(C)C. The van der Waals surface area contributed by atoms with Crippen molar-refractivity contribution in [2.75, 3.05) is 0 Å². The predicted molar refractivity (Wildman–Crippen MR) is 36.0 cm³/mol. The minimum absolute atomic E-state index is 0.0255. The van der Waals surface area contributed by atoms with Gasteiger partial charge in [-0.05, 0) is 26.3 Å². The van der Waals surface area contributed by atoms with Gasteiger partial charge in [-0.15, -0.1) is 0 Å². The molecule has 0 saturated heterocycles. The smallest absolute Gasteiger partial charge is 0.244 e. The predicted octanol–water partition coefficient (Wildman–Crippen LogP) is 0.841. The standard InChI is InChI=1S/C7H11NO/c1-5-4-6(9)8-7(5,2)3/h4H,1-3H3,(H,8,9). The van der Waals surface area contributed by atoms with E-state index < -0.39 is 0 Å². The van der Waals surface area contributed by atoms with Crippen LogP contribution in [0.1, 0.15) is 20.8 Å². The summed E-state index contributed by atoms with van der Waals surface area (Å²) in [5.41, 5.74) is 0.990. The van der Waals surface area contributed by atoms with Gasteiger partial charge in [-0.1, -0.05) is 0 Å². The molecule has 0 radical (unpaired) electrons. The number of carbonyl (C=O) groups excluding carboxylic acids is 1. The Balaban J connectivity index is 2.89. The van der Waals surface area contributed by atoms with Crippen LogP contribution in [-0.2, 0) is 4.79 Å². The minimum Gasteiger partial charge on any atom is -0.344 e. The highest BCUT2D eigenvalue weighted by Gasteiger charge is 2.27. The second kappa shape index (κ2) is 1.59. The van der Waals surface area contributed by atoms with Crippen molar-refractivity contribution in [1.82, 2.24) is 5.32 Å². The van der Waals surface area contributed by atoms with Gasteiger partial charge < -0.3 is 5.32 Å². The molecule has 0 atom stereocenters. The first-order chi connectivity index (χ1) is 4.02. The van der Waals surface area contributed by atoms with Crippen molar-refractivity contribution in [1.29, 1.82) is 0 Å². The molecule has 0 aromatic carbocycles. The van der Waals surface area contributed by atoms with Crippen molar-refractivity contribution < 1.29 is 4.79 Å². The third-order valence-corrected chi connectivity index (χ3v) is 1.77. The van der Waals surface area contributed by atoms with E-state index >= 15 is 0 Å². The fourth-order valence-corrected chi connectivity index (χ4v) is 0.820. The molecule has 0 fully saturated rings. The van der Waals surface area contributed by atoms with Crippen LogP contribution in [-0.4, -0.2) is 11.4 Å². The maximum Gasteiger partial charge on any atom is 0.244 e. The molecule has 1 heterocycles. The highest BCUT2D eigenvalue weighted by atomic mass is 16.1. The van der Waals surface area contributed by atoms with Crippen LogP contribution in [0, 0.1) is 0 Å². The van der Waals surface area contributed by atoms with E-state index in [0.29, 0.717) is 0 Å². The Morgan fingerprint density at radius 3 is 2.22 bits per heavy atom. The molecule has 9 heavy (non-hydrogen) atoms. The van der Waals surface area contributed by atoms with Gasteiger partial charge >= 0.3 is 0 Å². The van der Waals surface area contributed by atoms with E-state index in [1.165, 1.54) is 0 Å². The average Bonchev–Trinajstić information content (AvgIpc) is 1.79. The van der Waals surface area contributed by atoms with Gasteiger partial charge in [-0.3, -0.25) is 4.79 Å². The van der Waals surface area contributed by atoms with E-state index in [4.69, 9.17) is 0 Å². The lowest BCUT2D eigenvalue weighted by Gasteiger charge is -2.19. The second-order valence-corrected chi connectivity index (χ2v) is 2.94. The van der Waals surface area contributed by atoms with Crippen LogP contribution in [0.4, 0.5) is 0 Å². The van der Waals surface area contributed by atoms with Gasteiger partial charge in [0, 0.05) is 6.08 Å². The van der Waals surface area contributed by atoms with Crippen LogP contribution >= 0.6 is 0 Å². The fourth-order valence-electron chi connectivity index (χ4n) is 0.820. The highest BCUT2D eigenvalue weighted by molar-refractivity contribution is 5.92. The molecule has 0 saturated carbocycles. The summed E-state index contributed by atoms with van der Waals surface area (Å²) in [6, 6.07) is 0. The number of nitrogens with one attached hydrogen (secondary N) is 1. The van der Waals surface area contributed by atoms with Crippen LogP contribution < -0.4 is 5.32 Å². The van der Waals surface area contributed by atoms with Crippen molar-refractivity contribution in [3.05, 3.63) is 11.6 Å². The molecule has 0 bridgehead atoms. The van der Waals surface area contributed by atoms with Crippen molar-refractivity contribution in [3.63, 3.8) is 0 Å². The summed E-state index contributed by atoms with van der Waals surface area (Å²) in [6.07, 6.45) is 1.64. The topological polar surface area (TPSA) is 29.1 Å². The quantitative estimate of drug-likeness (QED) is 0.510. The molecule has 0 aromatic rings. The molecule has 0 unspecified atom stereocenters. The Kier molecular flexibility index (Phi) is 1.12. The summed E-state index contributed by atoms with van der Waals surface area (Å²) < 4.78 is 0. The molecule has 0 aromatic heterocycles. The van der Waals surface area contributed by atoms with Gasteiger partial charge in [-0.2, -0.15) is 0 Å². The van der Waals surface area contributed by atoms with Crippen molar-refractivity contribution >= 4 is 5.91 Å². The zero-order valence-electron chi connectivity index (χ0n) is 5.99. The maximum atomic E-state index is 10.7. The molecule has 1 rings (SSSR count). The lowest BCUT2D eigenvalue weighted by Crippen LogP contribution is -2.37. The summed E-state index contributed by atoms with van der Waals surface area (Å²) in [5, 5.41) is 2.81. The summed E-state index contributed by atoms with van der Waals surface area (Å²) in [5.74, 6) is 0.0255. The summed E-state index contributed by atoms with van der Waals surface area (Å²) in [7, 11) is 0. The molecule has 50 valence electrons. The fraction of sp³-hybridized carbons (Fsp3) is 0.571. The number of hydrogen-bond acceptors (Lipinski definition) is 1. The number of rotatable bonds is 0. The first kappa shape index (κ1) is 6.33. The number of hydrogen-bond donors (Lipinski definition) is 1.